The summed E-state index contributed by atoms with van der Waals surface area (Å²) in [5.41, 5.74) is 6.59. The van der Waals surface area contributed by atoms with E-state index >= 15 is 0 Å². The van der Waals surface area contributed by atoms with Crippen molar-refractivity contribution < 1.29 is 33.6 Å². The number of hydrogen-bond acceptors (Lipinski definition) is 15. The van der Waals surface area contributed by atoms with Crippen molar-refractivity contribution in [2.24, 2.45) is 5.41 Å². The molecule has 5 aromatic rings. The molecule has 21 heteroatoms. The summed E-state index contributed by atoms with van der Waals surface area (Å²) in [4.78, 5) is 77.0. The second-order valence-corrected chi connectivity index (χ2v) is 27.5. The van der Waals surface area contributed by atoms with E-state index in [2.05, 4.69) is 52.1 Å². The molecule has 0 unspecified atom stereocenters. The van der Waals surface area contributed by atoms with Crippen LogP contribution in [-0.4, -0.2) is 149 Å². The fourth-order valence-corrected chi connectivity index (χ4v) is 13.2. The molecule has 3 aromatic carbocycles. The van der Waals surface area contributed by atoms with Gasteiger partial charge in [0, 0.05) is 94.7 Å². The molecule has 5 heterocycles. The smallest absolute Gasteiger partial charge is 0.246 e. The molecule has 3 saturated heterocycles. The van der Waals surface area contributed by atoms with Crippen LogP contribution < -0.4 is 36.2 Å². The number of carbonyl (C=O) groups is 4. The average molecular weight is 1170 g/mol. The van der Waals surface area contributed by atoms with Gasteiger partial charge in [0.15, 0.2) is 5.82 Å². The number of amides is 4. The molecule has 18 nitrogen and oxygen atoms in total. The highest BCUT2D eigenvalue weighted by atomic mass is 35.5. The van der Waals surface area contributed by atoms with Crippen molar-refractivity contribution in [3.05, 3.63) is 94.7 Å². The number of aliphatic hydroxyl groups is 1. The number of nitrogens with one attached hydrogen (secondary N) is 4. The predicted octanol–water partition coefficient (Wildman–Crippen LogP) is 9.35. The minimum atomic E-state index is -2.57. The van der Waals surface area contributed by atoms with Gasteiger partial charge in [-0.15, -0.1) is 11.3 Å². The minimum absolute atomic E-state index is 0.0237. The van der Waals surface area contributed by atoms with Crippen molar-refractivity contribution in [2.45, 2.75) is 129 Å². The van der Waals surface area contributed by atoms with Crippen LogP contribution in [0.25, 0.3) is 10.4 Å². The Balaban J connectivity index is 0.694. The fraction of sp³-hybridized carbons (Fsp3) is 0.517. The lowest BCUT2D eigenvalue weighted by atomic mass is 9.85. The van der Waals surface area contributed by atoms with Gasteiger partial charge >= 0.3 is 0 Å². The molecule has 0 spiro atoms. The molecule has 0 aliphatic carbocycles. The number of aliphatic hydroxyl groups excluding tert-OH is 1. The molecule has 5 N–H and O–H groups in total. The number of para-hydroxylation sites is 1. The summed E-state index contributed by atoms with van der Waals surface area (Å²) in [6.45, 7) is 16.5. The second-order valence-electron chi connectivity index (χ2n) is 23.1. The summed E-state index contributed by atoms with van der Waals surface area (Å²) in [5, 5.41) is 24.1. The third-order valence-corrected chi connectivity index (χ3v) is 18.5. The van der Waals surface area contributed by atoms with Crippen LogP contribution in [0.5, 0.6) is 5.75 Å². The Morgan fingerprint density at radius 1 is 0.864 bits per heavy atom. The summed E-state index contributed by atoms with van der Waals surface area (Å²) < 4.78 is 18.8. The molecule has 0 radical (unpaired) electrons. The molecule has 81 heavy (non-hydrogen) atoms. The van der Waals surface area contributed by atoms with Crippen molar-refractivity contribution in [3.63, 3.8) is 0 Å². The zero-order valence-electron chi connectivity index (χ0n) is 48.0. The van der Waals surface area contributed by atoms with Crippen LogP contribution in [0.2, 0.25) is 5.02 Å². The molecule has 4 amide bonds. The van der Waals surface area contributed by atoms with Crippen LogP contribution in [0, 0.1) is 12.3 Å². The number of benzene rings is 3. The number of piperazine rings is 1. The molecule has 3 aliphatic rings. The summed E-state index contributed by atoms with van der Waals surface area (Å²) in [6.07, 6.45) is 8.97. The Morgan fingerprint density at radius 2 is 1.56 bits per heavy atom. The zero-order valence-corrected chi connectivity index (χ0v) is 50.5. The zero-order chi connectivity index (χ0) is 57.8. The number of unbranched alkanes of at least 4 members (excludes halogenated alkanes) is 5. The molecule has 3 fully saturated rings. The molecule has 0 saturated carbocycles. The highest BCUT2D eigenvalue weighted by Gasteiger charge is 2.44. The Kier molecular flexibility index (Phi) is 20.9. The van der Waals surface area contributed by atoms with Gasteiger partial charge in [-0.1, -0.05) is 94.5 Å². The molecular weight excluding hydrogens is 1090 g/mol. The third kappa shape index (κ3) is 16.3. The van der Waals surface area contributed by atoms with Gasteiger partial charge in [-0.05, 0) is 86.7 Å². The van der Waals surface area contributed by atoms with Crippen LogP contribution in [0.3, 0.4) is 0 Å². The van der Waals surface area contributed by atoms with Gasteiger partial charge in [0.2, 0.25) is 29.6 Å². The molecule has 2 aromatic heterocycles. The third-order valence-electron chi connectivity index (χ3n) is 15.7. The Labute approximate surface area is 486 Å². The van der Waals surface area contributed by atoms with Crippen LogP contribution >= 0.6 is 30.1 Å². The van der Waals surface area contributed by atoms with Crippen molar-refractivity contribution in [1.29, 1.82) is 0 Å². The number of rotatable bonds is 23. The van der Waals surface area contributed by atoms with Gasteiger partial charge in [0.05, 0.1) is 46.9 Å². The number of ether oxygens (including phenoxy) is 1. The van der Waals surface area contributed by atoms with Crippen molar-refractivity contribution in [3.8, 4) is 16.2 Å². The maximum Gasteiger partial charge on any atom is 0.246 e. The average Bonchev–Trinajstić information content (AvgIpc) is 4.10. The first kappa shape index (κ1) is 61.0. The van der Waals surface area contributed by atoms with Crippen molar-refractivity contribution >= 4 is 87.8 Å². The summed E-state index contributed by atoms with van der Waals surface area (Å²) in [7, 11) is -0.922. The number of halogens is 1. The van der Waals surface area contributed by atoms with E-state index in [1.807, 2.05) is 98.8 Å². The largest absolute Gasteiger partial charge is 0.494 e. The number of likely N-dealkylation sites (tertiary alicyclic amines) is 1. The first-order chi connectivity index (χ1) is 38.7. The van der Waals surface area contributed by atoms with Crippen LogP contribution in [-0.2, 0) is 30.3 Å². The highest BCUT2D eigenvalue weighted by Crippen LogP contribution is 2.39. The van der Waals surface area contributed by atoms with Gasteiger partial charge < -0.3 is 50.4 Å². The number of aryl methyl sites for hydroxylation is 1. The Morgan fingerprint density at radius 3 is 2.22 bits per heavy atom. The van der Waals surface area contributed by atoms with Crippen molar-refractivity contribution in [1.82, 2.24) is 40.3 Å². The quantitative estimate of drug-likeness (QED) is 0.0305. The van der Waals surface area contributed by atoms with Gasteiger partial charge in [-0.3, -0.25) is 24.1 Å². The first-order valence-electron chi connectivity index (χ1n) is 28.5. The SMILES string of the molecule is COc1cc(N2CCC(N3CCN(C(=O)CCCCCCCCC(=O)N[C@H](C(=O)N4C[C@H](O)C[C@H]4C(=O)NCc4ccc(-c5scnc5C)cc4)C(C)(C)C)CC3)CC2)ccc1Nc1ncc(Cl)c(Nc2ccccc2P(C)(C)=O)n1. The van der Waals surface area contributed by atoms with E-state index in [4.69, 9.17) is 16.3 Å². The van der Waals surface area contributed by atoms with Gasteiger partial charge in [0.25, 0.3) is 0 Å². The molecule has 436 valence electrons. The van der Waals surface area contributed by atoms with E-state index in [9.17, 15) is 28.8 Å². The van der Waals surface area contributed by atoms with Gasteiger partial charge in [-0.2, -0.15) is 4.98 Å². The highest BCUT2D eigenvalue weighted by molar-refractivity contribution is 7.70. The van der Waals surface area contributed by atoms with E-state index in [1.165, 1.54) is 11.1 Å². The number of β-amino-alcohol motifs (C(OH)–C–C–N with tert-alkyl or cyclic N) is 1. The molecular formula is C60H81ClN11O7PS. The lowest BCUT2D eigenvalue weighted by molar-refractivity contribution is -0.144. The van der Waals surface area contributed by atoms with E-state index in [0.29, 0.717) is 58.1 Å². The summed E-state index contributed by atoms with van der Waals surface area (Å²) in [5.74, 6) is 0.683. The monoisotopic (exact) mass is 1170 g/mol. The Hall–Kier alpha value is -6.11. The second kappa shape index (κ2) is 27.8. The van der Waals surface area contributed by atoms with Crippen LogP contribution in [0.1, 0.15) is 103 Å². The molecule has 0 bridgehead atoms. The lowest BCUT2D eigenvalue weighted by Crippen LogP contribution is -2.57. The standard InChI is InChI=1S/C60H81ClN11O7PS/c1-40-54(81-39-64-40)42-22-20-41(21-23-42)36-62-57(76)49-35-45(73)38-72(49)58(77)55(60(2,3)4)67-52(74)18-12-10-8-9-11-13-19-53(75)71-32-30-70(31-33-71)43-26-28-69(29-27-43)44-24-25-47(50(34-44)79-5)66-59-63-37-46(61)56(68-59)65-48-16-14-15-17-51(48)80(6,7)78/h14-17,20-25,34,37,39,43,45,49,55,73H,8-13,18-19,26-33,35-36,38H2,1-7H3,(H,62,76)(H,67,74)(H2,63,65,66,68)/t45-,49+,55-/m1/s1. The number of piperidine rings is 1. The lowest BCUT2D eigenvalue weighted by Gasteiger charge is -2.43. The van der Waals surface area contributed by atoms with E-state index in [-0.39, 0.29) is 49.6 Å². The van der Waals surface area contributed by atoms with Gasteiger partial charge in [0.1, 0.15) is 30.0 Å². The number of nitrogens with zero attached hydrogens (tertiary/aromatic N) is 7. The number of thiazole rings is 1. The number of aromatic nitrogens is 3. The maximum absolute atomic E-state index is 14.1. The van der Waals surface area contributed by atoms with Gasteiger partial charge in [-0.25, -0.2) is 9.97 Å². The number of methoxy groups -OCH3 is 1. The summed E-state index contributed by atoms with van der Waals surface area (Å²) >= 11 is 8.08. The van der Waals surface area contributed by atoms with E-state index in [1.54, 1.807) is 31.8 Å². The number of hydrogen-bond donors (Lipinski definition) is 5. The predicted molar refractivity (Wildman–Crippen MR) is 324 cm³/mol. The normalized spacial score (nSPS) is 17.7. The topological polar surface area (TPSA) is 215 Å². The van der Waals surface area contributed by atoms with E-state index < -0.39 is 30.7 Å². The Bertz CT molecular complexity index is 3010. The number of carbonyl (C=O) groups excluding carboxylic acids is 4. The van der Waals surface area contributed by atoms with E-state index in [0.717, 1.165) is 112 Å². The first-order valence-corrected chi connectivity index (χ1v) is 32.3. The molecule has 3 atom stereocenters. The van der Waals surface area contributed by atoms with Crippen molar-refractivity contribution in [2.75, 3.05) is 81.8 Å². The van der Waals surface area contributed by atoms with Crippen LogP contribution in [0.15, 0.2) is 78.4 Å². The summed E-state index contributed by atoms with van der Waals surface area (Å²) in [6, 6.07) is 20.2. The number of anilines is 5. The van der Waals surface area contributed by atoms with Crippen LogP contribution in [0.4, 0.5) is 28.8 Å². The molecule has 8 rings (SSSR count). The maximum atomic E-state index is 14.1. The minimum Gasteiger partial charge on any atom is -0.494 e. The molecule has 3 aliphatic heterocycles. The fourth-order valence-electron chi connectivity index (χ4n) is 11.1.